The van der Waals surface area contributed by atoms with E-state index in [1.807, 2.05) is 26.8 Å². The predicted octanol–water partition coefficient (Wildman–Crippen LogP) is 2.46. The van der Waals surface area contributed by atoms with Crippen molar-refractivity contribution >= 4 is 5.97 Å². The smallest absolute Gasteiger partial charge is 0.330 e. The van der Waals surface area contributed by atoms with Gasteiger partial charge < -0.3 is 9.15 Å². The van der Waals surface area contributed by atoms with Gasteiger partial charge in [0.05, 0.1) is 0 Å². The van der Waals surface area contributed by atoms with Gasteiger partial charge in [0, 0.05) is 12.0 Å². The fourth-order valence-corrected chi connectivity index (χ4v) is 1.93. The summed E-state index contributed by atoms with van der Waals surface area (Å²) in [4.78, 5) is 11.5. The van der Waals surface area contributed by atoms with Crippen LogP contribution in [0.3, 0.4) is 0 Å². The van der Waals surface area contributed by atoms with Crippen LogP contribution >= 0.6 is 0 Å². The highest BCUT2D eigenvalue weighted by Gasteiger charge is 2.32. The summed E-state index contributed by atoms with van der Waals surface area (Å²) in [5.41, 5.74) is -0.437. The Kier molecular flexibility index (Phi) is 3.50. The van der Waals surface area contributed by atoms with Crippen LogP contribution < -0.4 is 0 Å². The predicted molar refractivity (Wildman–Crippen MR) is 64.7 cm³/mol. The third kappa shape index (κ3) is 3.42. The van der Waals surface area contributed by atoms with Gasteiger partial charge in [-0.2, -0.15) is 0 Å². The van der Waals surface area contributed by atoms with E-state index in [1.165, 1.54) is 12.5 Å². The van der Waals surface area contributed by atoms with E-state index >= 15 is 0 Å². The topological polar surface area (TPSA) is 65.2 Å². The van der Waals surface area contributed by atoms with Crippen LogP contribution in [0.2, 0.25) is 0 Å². The zero-order valence-electron chi connectivity index (χ0n) is 10.9. The van der Waals surface area contributed by atoms with E-state index in [0.29, 0.717) is 17.7 Å². The van der Waals surface area contributed by atoms with Crippen LogP contribution in [-0.2, 0) is 9.53 Å². The average Bonchev–Trinajstić information content (AvgIpc) is 2.65. The third-order valence-corrected chi connectivity index (χ3v) is 2.81. The Labute approximate surface area is 106 Å². The molecule has 1 saturated carbocycles. The number of allylic oxidation sites excluding steroid dienone is 1. The molecule has 1 aromatic heterocycles. The van der Waals surface area contributed by atoms with Gasteiger partial charge in [0.2, 0.25) is 12.3 Å². The summed E-state index contributed by atoms with van der Waals surface area (Å²) >= 11 is 0. The molecule has 1 heterocycles. The summed E-state index contributed by atoms with van der Waals surface area (Å²) in [7, 11) is 0. The van der Waals surface area contributed by atoms with Gasteiger partial charge in [-0.25, -0.2) is 4.79 Å². The van der Waals surface area contributed by atoms with Crippen molar-refractivity contribution in [3.8, 4) is 0 Å². The number of aromatic nitrogens is 2. The summed E-state index contributed by atoms with van der Waals surface area (Å²) in [6.07, 6.45) is 6.66. The van der Waals surface area contributed by atoms with Gasteiger partial charge in [-0.05, 0) is 39.5 Å². The SMILES string of the molecule is CC(C)(C)OC(=O)/C=C/[C@H]1C[C@@H](c2nnco2)C1. The van der Waals surface area contributed by atoms with Crippen molar-refractivity contribution < 1.29 is 13.9 Å². The lowest BCUT2D eigenvalue weighted by Crippen LogP contribution is -2.23. The first-order valence-electron chi connectivity index (χ1n) is 6.11. The van der Waals surface area contributed by atoms with Crippen molar-refractivity contribution in [2.24, 2.45) is 5.92 Å². The molecule has 1 aliphatic rings. The molecule has 98 valence electrons. The molecule has 18 heavy (non-hydrogen) atoms. The zero-order chi connectivity index (χ0) is 13.2. The Morgan fingerprint density at radius 1 is 1.50 bits per heavy atom. The number of rotatable bonds is 3. The summed E-state index contributed by atoms with van der Waals surface area (Å²) in [5, 5.41) is 7.54. The molecule has 0 aromatic carbocycles. The molecule has 1 fully saturated rings. The van der Waals surface area contributed by atoms with Crippen LogP contribution in [0.25, 0.3) is 0 Å². The van der Waals surface area contributed by atoms with Gasteiger partial charge in [-0.1, -0.05) is 6.08 Å². The monoisotopic (exact) mass is 250 g/mol. The maximum absolute atomic E-state index is 11.5. The number of carbonyl (C=O) groups excluding carboxylic acids is 1. The van der Waals surface area contributed by atoms with Crippen LogP contribution in [0.5, 0.6) is 0 Å². The van der Waals surface area contributed by atoms with Crippen LogP contribution in [0.1, 0.15) is 45.4 Å². The lowest BCUT2D eigenvalue weighted by molar-refractivity contribution is -0.148. The van der Waals surface area contributed by atoms with Gasteiger partial charge in [0.1, 0.15) is 5.60 Å². The summed E-state index contributed by atoms with van der Waals surface area (Å²) < 4.78 is 10.3. The maximum atomic E-state index is 11.5. The molecule has 0 radical (unpaired) electrons. The van der Waals surface area contributed by atoms with E-state index in [0.717, 1.165) is 12.8 Å². The van der Waals surface area contributed by atoms with Crippen molar-refractivity contribution in [2.45, 2.75) is 45.1 Å². The lowest BCUT2D eigenvalue weighted by Gasteiger charge is -2.30. The van der Waals surface area contributed by atoms with Crippen molar-refractivity contribution in [3.05, 3.63) is 24.4 Å². The summed E-state index contributed by atoms with van der Waals surface area (Å²) in [6.45, 7) is 5.56. The van der Waals surface area contributed by atoms with Crippen LogP contribution in [0.4, 0.5) is 0 Å². The van der Waals surface area contributed by atoms with Crippen LogP contribution in [-0.4, -0.2) is 21.8 Å². The second-order valence-corrected chi connectivity index (χ2v) is 5.60. The van der Waals surface area contributed by atoms with E-state index in [4.69, 9.17) is 9.15 Å². The first-order chi connectivity index (χ1) is 8.44. The van der Waals surface area contributed by atoms with Crippen LogP contribution in [0, 0.1) is 5.92 Å². The fourth-order valence-electron chi connectivity index (χ4n) is 1.93. The average molecular weight is 250 g/mol. The van der Waals surface area contributed by atoms with Gasteiger partial charge in [-0.3, -0.25) is 0 Å². The minimum atomic E-state index is -0.437. The Hall–Kier alpha value is -1.65. The Bertz CT molecular complexity index is 426. The minimum absolute atomic E-state index is 0.288. The Morgan fingerprint density at radius 3 is 2.78 bits per heavy atom. The molecular weight excluding hydrogens is 232 g/mol. The van der Waals surface area contributed by atoms with E-state index in [1.54, 1.807) is 0 Å². The fraction of sp³-hybridized carbons (Fsp3) is 0.615. The largest absolute Gasteiger partial charge is 0.457 e. The number of nitrogens with zero attached hydrogens (tertiary/aromatic N) is 2. The number of esters is 1. The molecule has 5 heteroatoms. The van der Waals surface area contributed by atoms with Crippen molar-refractivity contribution in [1.82, 2.24) is 10.2 Å². The number of carbonyl (C=O) groups is 1. The van der Waals surface area contributed by atoms with Gasteiger partial charge in [0.15, 0.2) is 0 Å². The first-order valence-corrected chi connectivity index (χ1v) is 6.11. The van der Waals surface area contributed by atoms with Crippen LogP contribution in [0.15, 0.2) is 23.0 Å². The van der Waals surface area contributed by atoms with Gasteiger partial charge >= 0.3 is 5.97 Å². The molecule has 0 bridgehead atoms. The van der Waals surface area contributed by atoms with E-state index in [-0.39, 0.29) is 5.97 Å². The van der Waals surface area contributed by atoms with Gasteiger partial charge in [0.25, 0.3) is 0 Å². The molecular formula is C13H18N2O3. The van der Waals surface area contributed by atoms with E-state index in [2.05, 4.69) is 10.2 Å². The van der Waals surface area contributed by atoms with Crippen molar-refractivity contribution in [1.29, 1.82) is 0 Å². The molecule has 1 aromatic rings. The standard InChI is InChI=1S/C13H18N2O3/c1-13(2,3)18-11(16)5-4-9-6-10(7-9)12-15-14-8-17-12/h4-5,8-10H,6-7H2,1-3H3/b5-4+/t9-,10+. The Morgan fingerprint density at radius 2 is 2.22 bits per heavy atom. The van der Waals surface area contributed by atoms with Crippen molar-refractivity contribution in [2.75, 3.05) is 0 Å². The lowest BCUT2D eigenvalue weighted by atomic mass is 9.75. The first kappa shape index (κ1) is 12.8. The van der Waals surface area contributed by atoms with E-state index in [9.17, 15) is 4.79 Å². The van der Waals surface area contributed by atoms with Gasteiger partial charge in [-0.15, -0.1) is 10.2 Å². The molecule has 5 nitrogen and oxygen atoms in total. The molecule has 0 N–H and O–H groups in total. The molecule has 0 unspecified atom stereocenters. The second-order valence-electron chi connectivity index (χ2n) is 5.60. The minimum Gasteiger partial charge on any atom is -0.457 e. The number of ether oxygens (including phenoxy) is 1. The molecule has 2 rings (SSSR count). The quantitative estimate of drug-likeness (QED) is 0.609. The Balaban J connectivity index is 1.75. The summed E-state index contributed by atoms with van der Waals surface area (Å²) in [6, 6.07) is 0. The maximum Gasteiger partial charge on any atom is 0.330 e. The third-order valence-electron chi connectivity index (χ3n) is 2.81. The zero-order valence-corrected chi connectivity index (χ0v) is 10.9. The molecule has 0 spiro atoms. The highest BCUT2D eigenvalue weighted by molar-refractivity contribution is 5.82. The molecule has 0 atom stereocenters. The van der Waals surface area contributed by atoms with Crippen molar-refractivity contribution in [3.63, 3.8) is 0 Å². The summed E-state index contributed by atoms with van der Waals surface area (Å²) in [5.74, 6) is 1.14. The highest BCUT2D eigenvalue weighted by Crippen LogP contribution is 2.41. The normalized spacial score (nSPS) is 23.9. The number of hydrogen-bond acceptors (Lipinski definition) is 5. The molecule has 0 amide bonds. The molecule has 0 saturated heterocycles. The molecule has 0 aliphatic heterocycles. The highest BCUT2D eigenvalue weighted by atomic mass is 16.6. The van der Waals surface area contributed by atoms with E-state index < -0.39 is 5.60 Å². The molecule has 1 aliphatic carbocycles. The number of hydrogen-bond donors (Lipinski definition) is 0. The second kappa shape index (κ2) is 4.92.